The van der Waals surface area contributed by atoms with Gasteiger partial charge in [-0.1, -0.05) is 19.5 Å². The molecule has 0 aromatic rings. The summed E-state index contributed by atoms with van der Waals surface area (Å²) in [6, 6.07) is 0.879. The number of carbonyl (C=O) groups excluding carboxylic acids is 1. The highest BCUT2D eigenvalue weighted by Crippen LogP contribution is 2.24. The van der Waals surface area contributed by atoms with Crippen molar-refractivity contribution in [3.63, 3.8) is 0 Å². The van der Waals surface area contributed by atoms with Crippen LogP contribution in [-0.2, 0) is 9.53 Å². The van der Waals surface area contributed by atoms with Crippen molar-refractivity contribution in [2.24, 2.45) is 0 Å². The van der Waals surface area contributed by atoms with Gasteiger partial charge in [-0.2, -0.15) is 0 Å². The quantitative estimate of drug-likeness (QED) is 0.233. The van der Waals surface area contributed by atoms with Crippen LogP contribution in [0.1, 0.15) is 26.7 Å². The number of ether oxygens (including phenoxy) is 1. The molecule has 0 bridgehead atoms. The first-order chi connectivity index (χ1) is 6.89. The van der Waals surface area contributed by atoms with E-state index in [0.717, 1.165) is 18.9 Å². The molecular formula is C10H16Cl2O2Si. The maximum Gasteiger partial charge on any atom is 0.333 e. The van der Waals surface area contributed by atoms with E-state index in [-0.39, 0.29) is 5.97 Å². The minimum atomic E-state index is -0.613. The normalized spacial score (nSPS) is 11.2. The first-order valence-electron chi connectivity index (χ1n) is 4.84. The maximum atomic E-state index is 11.0. The van der Waals surface area contributed by atoms with Gasteiger partial charge >= 0.3 is 5.97 Å². The number of alkyl halides is 2. The first-order valence-corrected chi connectivity index (χ1v) is 6.81. The lowest BCUT2D eigenvalue weighted by Gasteiger charge is -2.15. The molecule has 2 radical (unpaired) electrons. The number of rotatable bonds is 7. The zero-order chi connectivity index (χ0) is 11.9. The van der Waals surface area contributed by atoms with Crippen LogP contribution in [0.5, 0.6) is 0 Å². The molecule has 0 amide bonds. The lowest BCUT2D eigenvalue weighted by atomic mass is 10.4. The Bertz CT molecular complexity index is 229. The van der Waals surface area contributed by atoms with Gasteiger partial charge in [0.2, 0.25) is 0 Å². The van der Waals surface area contributed by atoms with Gasteiger partial charge in [0.25, 0.3) is 0 Å². The van der Waals surface area contributed by atoms with Gasteiger partial charge in [-0.05, 0) is 19.8 Å². The third-order valence-electron chi connectivity index (χ3n) is 1.73. The molecule has 0 aromatic heterocycles. The molecule has 15 heavy (non-hydrogen) atoms. The van der Waals surface area contributed by atoms with E-state index in [1.807, 2.05) is 6.92 Å². The molecular weight excluding hydrogens is 251 g/mol. The summed E-state index contributed by atoms with van der Waals surface area (Å²) in [5.41, 5.74) is 0.426. The summed E-state index contributed by atoms with van der Waals surface area (Å²) in [7, 11) is 0.474. The highest BCUT2D eigenvalue weighted by atomic mass is 35.5. The number of esters is 1. The minimum absolute atomic E-state index is 0.336. The Kier molecular flexibility index (Phi) is 7.31. The summed E-state index contributed by atoms with van der Waals surface area (Å²) >= 11 is 11.9. The monoisotopic (exact) mass is 266 g/mol. The Morgan fingerprint density at radius 3 is 2.60 bits per heavy atom. The molecule has 0 heterocycles. The van der Waals surface area contributed by atoms with Gasteiger partial charge in [-0.3, -0.25) is 0 Å². The smallest absolute Gasteiger partial charge is 0.333 e. The Morgan fingerprint density at radius 2 is 2.13 bits per heavy atom. The number of hydrogen-bond acceptors (Lipinski definition) is 2. The zero-order valence-corrected chi connectivity index (χ0v) is 11.6. The molecule has 0 atom stereocenters. The van der Waals surface area contributed by atoms with E-state index in [9.17, 15) is 4.79 Å². The van der Waals surface area contributed by atoms with Crippen molar-refractivity contribution in [2.45, 2.75) is 36.7 Å². The largest absolute Gasteiger partial charge is 0.462 e. The second kappa shape index (κ2) is 7.31. The van der Waals surface area contributed by atoms with E-state index in [2.05, 4.69) is 6.58 Å². The fraction of sp³-hybridized carbons (Fsp3) is 0.700. The van der Waals surface area contributed by atoms with Crippen molar-refractivity contribution in [2.75, 3.05) is 6.61 Å². The molecule has 0 spiro atoms. The average Bonchev–Trinajstić information content (AvgIpc) is 2.16. The molecule has 0 rings (SSSR count). The second-order valence-corrected chi connectivity index (χ2v) is 7.08. The zero-order valence-electron chi connectivity index (χ0n) is 9.11. The van der Waals surface area contributed by atoms with Crippen LogP contribution in [0, 0.1) is 0 Å². The number of hydrogen-bond donors (Lipinski definition) is 0. The predicted molar refractivity (Wildman–Crippen MR) is 65.7 cm³/mol. The molecule has 0 aliphatic carbocycles. The van der Waals surface area contributed by atoms with Crippen molar-refractivity contribution >= 4 is 38.7 Å². The molecule has 5 heteroatoms. The average molecular weight is 267 g/mol. The van der Waals surface area contributed by atoms with Crippen LogP contribution < -0.4 is 0 Å². The Hall–Kier alpha value is 0.00688. The fourth-order valence-electron chi connectivity index (χ4n) is 0.757. The maximum absolute atomic E-state index is 11.0. The topological polar surface area (TPSA) is 26.3 Å². The van der Waals surface area contributed by atoms with Gasteiger partial charge in [0, 0.05) is 5.57 Å². The van der Waals surface area contributed by atoms with Gasteiger partial charge in [0.05, 0.1) is 16.1 Å². The van der Waals surface area contributed by atoms with Crippen LogP contribution in [0.4, 0.5) is 0 Å². The Labute approximate surface area is 104 Å². The molecule has 0 fully saturated rings. The first kappa shape index (κ1) is 15.0. The molecule has 0 saturated carbocycles. The van der Waals surface area contributed by atoms with Crippen molar-refractivity contribution in [3.05, 3.63) is 12.2 Å². The Morgan fingerprint density at radius 1 is 1.53 bits per heavy atom. The van der Waals surface area contributed by atoms with Crippen LogP contribution in [-0.4, -0.2) is 26.1 Å². The van der Waals surface area contributed by atoms with Crippen LogP contribution >= 0.6 is 23.2 Å². The van der Waals surface area contributed by atoms with Gasteiger partial charge in [0.15, 0.2) is 0 Å². The fourth-order valence-corrected chi connectivity index (χ4v) is 2.26. The summed E-state index contributed by atoms with van der Waals surface area (Å²) in [5, 5.41) is 0. The molecule has 0 aliphatic rings. The van der Waals surface area contributed by atoms with E-state index in [1.165, 1.54) is 0 Å². The third kappa shape index (κ3) is 7.88. The molecule has 0 N–H and O–H groups in total. The van der Waals surface area contributed by atoms with Gasteiger partial charge in [-0.15, -0.1) is 23.2 Å². The summed E-state index contributed by atoms with van der Waals surface area (Å²) in [6.45, 7) is 7.48. The van der Waals surface area contributed by atoms with E-state index in [4.69, 9.17) is 27.9 Å². The molecule has 0 aromatic carbocycles. The van der Waals surface area contributed by atoms with Gasteiger partial charge in [-0.25, -0.2) is 4.79 Å². The van der Waals surface area contributed by atoms with E-state index in [1.54, 1.807) is 6.92 Å². The number of carbonyl (C=O) groups is 1. The van der Waals surface area contributed by atoms with Gasteiger partial charge < -0.3 is 4.74 Å². The highest BCUT2D eigenvalue weighted by Gasteiger charge is 2.21. The van der Waals surface area contributed by atoms with Crippen LogP contribution in [0.15, 0.2) is 12.2 Å². The van der Waals surface area contributed by atoms with Gasteiger partial charge in [0.1, 0.15) is 3.96 Å². The van der Waals surface area contributed by atoms with Crippen LogP contribution in [0.25, 0.3) is 0 Å². The number of halogens is 2. The summed E-state index contributed by atoms with van der Waals surface area (Å²) in [5.74, 6) is -0.336. The summed E-state index contributed by atoms with van der Waals surface area (Å²) in [4.78, 5) is 11.0. The van der Waals surface area contributed by atoms with Crippen molar-refractivity contribution in [1.82, 2.24) is 0 Å². The van der Waals surface area contributed by atoms with E-state index in [0.29, 0.717) is 21.7 Å². The molecule has 0 unspecified atom stereocenters. The lowest BCUT2D eigenvalue weighted by Crippen LogP contribution is -2.21. The molecule has 0 saturated heterocycles. The Balaban J connectivity index is 3.48. The van der Waals surface area contributed by atoms with Crippen molar-refractivity contribution < 1.29 is 9.53 Å². The SMILES string of the molecule is C=C(C)C(=O)OCCC[Si]C(Cl)(Cl)CC. The molecule has 2 nitrogen and oxygen atoms in total. The summed E-state index contributed by atoms with van der Waals surface area (Å²) in [6.07, 6.45) is 1.53. The minimum Gasteiger partial charge on any atom is -0.462 e. The highest BCUT2D eigenvalue weighted by molar-refractivity contribution is 6.72. The lowest BCUT2D eigenvalue weighted by molar-refractivity contribution is -0.138. The predicted octanol–water partition coefficient (Wildman–Crippen LogP) is 3.16. The van der Waals surface area contributed by atoms with Crippen LogP contribution in [0.2, 0.25) is 6.04 Å². The summed E-state index contributed by atoms with van der Waals surface area (Å²) < 4.78 is 4.32. The van der Waals surface area contributed by atoms with Crippen LogP contribution in [0.3, 0.4) is 0 Å². The molecule has 0 aliphatic heterocycles. The second-order valence-electron chi connectivity index (χ2n) is 3.25. The van der Waals surface area contributed by atoms with E-state index >= 15 is 0 Å². The third-order valence-corrected chi connectivity index (χ3v) is 4.54. The standard InChI is InChI=1S/C10H16Cl2O2Si/c1-4-10(11,12)15-7-5-6-14-9(13)8(2)3/h2,4-7H2,1,3H3. The molecule has 86 valence electrons. The van der Waals surface area contributed by atoms with Crippen molar-refractivity contribution in [1.29, 1.82) is 0 Å². The van der Waals surface area contributed by atoms with E-state index < -0.39 is 3.96 Å². The van der Waals surface area contributed by atoms with Crippen molar-refractivity contribution in [3.8, 4) is 0 Å².